The quantitative estimate of drug-likeness (QED) is 0.744. The lowest BCUT2D eigenvalue weighted by atomic mass is 9.99. The summed E-state index contributed by atoms with van der Waals surface area (Å²) < 4.78 is 0. The molecule has 1 N–H and O–H groups in total. The van der Waals surface area contributed by atoms with Crippen LogP contribution in [0.3, 0.4) is 0 Å². The Kier molecular flexibility index (Phi) is 3.28. The molecule has 2 aromatic carbocycles. The first kappa shape index (κ1) is 13.1. The van der Waals surface area contributed by atoms with Crippen LogP contribution in [-0.2, 0) is 19.3 Å². The fraction of sp³-hybridized carbons (Fsp3) is 0.263. The SMILES string of the molecule is OC(Cc1cccc2ccccc12)c1cc2c(s1)CCC2. The second-order valence-corrected chi connectivity index (χ2v) is 6.98. The molecule has 0 radical (unpaired) electrons. The summed E-state index contributed by atoms with van der Waals surface area (Å²) in [6, 6.07) is 17.0. The normalized spacial score (nSPS) is 15.3. The summed E-state index contributed by atoms with van der Waals surface area (Å²) in [6.45, 7) is 0. The summed E-state index contributed by atoms with van der Waals surface area (Å²) in [5, 5.41) is 13.1. The number of hydrogen-bond acceptors (Lipinski definition) is 2. The van der Waals surface area contributed by atoms with Gasteiger partial charge in [0.25, 0.3) is 0 Å². The molecule has 21 heavy (non-hydrogen) atoms. The lowest BCUT2D eigenvalue weighted by Crippen LogP contribution is -2.00. The highest BCUT2D eigenvalue weighted by atomic mass is 32.1. The first-order valence-corrected chi connectivity index (χ1v) is 8.39. The molecule has 0 saturated heterocycles. The van der Waals surface area contributed by atoms with E-state index in [2.05, 4.69) is 48.5 Å². The largest absolute Gasteiger partial charge is 0.387 e. The number of aliphatic hydroxyl groups excluding tert-OH is 1. The van der Waals surface area contributed by atoms with Crippen molar-refractivity contribution >= 4 is 22.1 Å². The minimum absolute atomic E-state index is 0.383. The molecule has 0 aliphatic heterocycles. The van der Waals surface area contributed by atoms with Gasteiger partial charge in [0, 0.05) is 16.2 Å². The van der Waals surface area contributed by atoms with Crippen LogP contribution in [0.1, 0.15) is 33.4 Å². The predicted molar refractivity (Wildman–Crippen MR) is 89.0 cm³/mol. The lowest BCUT2D eigenvalue weighted by Gasteiger charge is -2.11. The van der Waals surface area contributed by atoms with Crippen LogP contribution in [0.25, 0.3) is 10.8 Å². The smallest absolute Gasteiger partial charge is 0.0922 e. The highest BCUT2D eigenvalue weighted by molar-refractivity contribution is 7.12. The van der Waals surface area contributed by atoms with Crippen molar-refractivity contribution in [2.75, 3.05) is 0 Å². The molecule has 0 bridgehead atoms. The lowest BCUT2D eigenvalue weighted by molar-refractivity contribution is 0.182. The van der Waals surface area contributed by atoms with Gasteiger partial charge >= 0.3 is 0 Å². The molecule has 1 aliphatic rings. The third-order valence-corrected chi connectivity index (χ3v) is 5.73. The van der Waals surface area contributed by atoms with E-state index in [1.165, 1.54) is 46.0 Å². The number of fused-ring (bicyclic) bond motifs is 2. The van der Waals surface area contributed by atoms with E-state index >= 15 is 0 Å². The van der Waals surface area contributed by atoms with Gasteiger partial charge in [-0.05, 0) is 47.2 Å². The fourth-order valence-electron chi connectivity index (χ4n) is 3.30. The monoisotopic (exact) mass is 294 g/mol. The molecule has 0 spiro atoms. The van der Waals surface area contributed by atoms with Crippen molar-refractivity contribution in [3.63, 3.8) is 0 Å². The topological polar surface area (TPSA) is 20.2 Å². The zero-order valence-corrected chi connectivity index (χ0v) is 12.7. The Morgan fingerprint density at radius 1 is 1.05 bits per heavy atom. The predicted octanol–water partition coefficient (Wildman–Crippen LogP) is 4.67. The van der Waals surface area contributed by atoms with Crippen molar-refractivity contribution < 1.29 is 5.11 Å². The summed E-state index contributed by atoms with van der Waals surface area (Å²) in [7, 11) is 0. The van der Waals surface area contributed by atoms with Crippen LogP contribution in [0.2, 0.25) is 0 Å². The van der Waals surface area contributed by atoms with Gasteiger partial charge in [0.1, 0.15) is 0 Å². The molecule has 4 rings (SSSR count). The maximum atomic E-state index is 10.6. The Morgan fingerprint density at radius 3 is 2.81 bits per heavy atom. The van der Waals surface area contributed by atoms with Crippen molar-refractivity contribution in [1.29, 1.82) is 0 Å². The maximum Gasteiger partial charge on any atom is 0.0922 e. The third-order valence-electron chi connectivity index (χ3n) is 4.39. The summed E-state index contributed by atoms with van der Waals surface area (Å²) in [4.78, 5) is 2.62. The van der Waals surface area contributed by atoms with E-state index < -0.39 is 0 Å². The van der Waals surface area contributed by atoms with Gasteiger partial charge in [0.2, 0.25) is 0 Å². The zero-order chi connectivity index (χ0) is 14.2. The van der Waals surface area contributed by atoms with Crippen molar-refractivity contribution in [1.82, 2.24) is 0 Å². The number of rotatable bonds is 3. The van der Waals surface area contributed by atoms with Gasteiger partial charge in [-0.1, -0.05) is 42.5 Å². The van der Waals surface area contributed by atoms with Gasteiger partial charge in [-0.3, -0.25) is 0 Å². The van der Waals surface area contributed by atoms with Crippen LogP contribution in [-0.4, -0.2) is 5.11 Å². The molecule has 3 aromatic rings. The second kappa shape index (κ2) is 5.28. The molecule has 0 saturated carbocycles. The summed E-state index contributed by atoms with van der Waals surface area (Å²) in [6.07, 6.45) is 3.97. The van der Waals surface area contributed by atoms with Crippen LogP contribution < -0.4 is 0 Å². The molecule has 106 valence electrons. The Hall–Kier alpha value is -1.64. The maximum absolute atomic E-state index is 10.6. The van der Waals surface area contributed by atoms with Gasteiger partial charge in [0.15, 0.2) is 0 Å². The highest BCUT2D eigenvalue weighted by Gasteiger charge is 2.19. The van der Waals surface area contributed by atoms with Crippen LogP contribution in [0.4, 0.5) is 0 Å². The fourth-order valence-corrected chi connectivity index (χ4v) is 4.54. The average molecular weight is 294 g/mol. The Labute approximate surface area is 128 Å². The van der Waals surface area contributed by atoms with Crippen LogP contribution in [0.5, 0.6) is 0 Å². The summed E-state index contributed by atoms with van der Waals surface area (Å²) in [5.41, 5.74) is 2.70. The summed E-state index contributed by atoms with van der Waals surface area (Å²) in [5.74, 6) is 0. The standard InChI is InChI=1S/C19H18OS/c20-17(19-12-15-8-4-10-18(15)21-19)11-14-7-3-6-13-5-1-2-9-16(13)14/h1-3,5-7,9,12,17,20H,4,8,10-11H2. The van der Waals surface area contributed by atoms with Gasteiger partial charge in [-0.15, -0.1) is 11.3 Å². The molecule has 1 aromatic heterocycles. The first-order valence-electron chi connectivity index (χ1n) is 7.57. The molecule has 0 amide bonds. The molecule has 1 heterocycles. The van der Waals surface area contributed by atoms with E-state index in [-0.39, 0.29) is 6.10 Å². The van der Waals surface area contributed by atoms with Crippen LogP contribution in [0, 0.1) is 0 Å². The van der Waals surface area contributed by atoms with Crippen molar-refractivity contribution in [2.45, 2.75) is 31.8 Å². The van der Waals surface area contributed by atoms with Crippen LogP contribution >= 0.6 is 11.3 Å². The number of thiophene rings is 1. The molecular formula is C19H18OS. The van der Waals surface area contributed by atoms with Crippen molar-refractivity contribution in [2.24, 2.45) is 0 Å². The van der Waals surface area contributed by atoms with E-state index in [1.807, 2.05) is 0 Å². The molecular weight excluding hydrogens is 276 g/mol. The van der Waals surface area contributed by atoms with Crippen molar-refractivity contribution in [3.8, 4) is 0 Å². The van der Waals surface area contributed by atoms with E-state index in [9.17, 15) is 5.11 Å². The Balaban J connectivity index is 1.64. The Bertz CT molecular complexity index is 760. The number of aliphatic hydroxyl groups is 1. The minimum atomic E-state index is -0.383. The van der Waals surface area contributed by atoms with Gasteiger partial charge < -0.3 is 5.11 Å². The van der Waals surface area contributed by atoms with Gasteiger partial charge in [0.05, 0.1) is 6.10 Å². The molecule has 1 unspecified atom stereocenters. The number of hydrogen-bond donors (Lipinski definition) is 1. The second-order valence-electron chi connectivity index (χ2n) is 5.81. The summed E-state index contributed by atoms with van der Waals surface area (Å²) >= 11 is 1.80. The molecule has 2 heteroatoms. The third kappa shape index (κ3) is 2.39. The number of aryl methyl sites for hydroxylation is 2. The van der Waals surface area contributed by atoms with E-state index in [0.717, 1.165) is 4.88 Å². The van der Waals surface area contributed by atoms with E-state index in [0.29, 0.717) is 6.42 Å². The number of benzene rings is 2. The zero-order valence-electron chi connectivity index (χ0n) is 11.9. The molecule has 1 aliphatic carbocycles. The molecule has 1 atom stereocenters. The van der Waals surface area contributed by atoms with Gasteiger partial charge in [-0.2, -0.15) is 0 Å². The molecule has 0 fully saturated rings. The van der Waals surface area contributed by atoms with Crippen LogP contribution in [0.15, 0.2) is 48.5 Å². The average Bonchev–Trinajstić information content (AvgIpc) is 3.09. The minimum Gasteiger partial charge on any atom is -0.387 e. The first-order chi connectivity index (χ1) is 10.3. The van der Waals surface area contributed by atoms with Crippen molar-refractivity contribution in [3.05, 3.63) is 69.4 Å². The molecule has 1 nitrogen and oxygen atoms in total. The van der Waals surface area contributed by atoms with E-state index in [1.54, 1.807) is 11.3 Å². The van der Waals surface area contributed by atoms with Gasteiger partial charge in [-0.25, -0.2) is 0 Å². The van der Waals surface area contributed by atoms with E-state index in [4.69, 9.17) is 0 Å². The Morgan fingerprint density at radius 2 is 1.90 bits per heavy atom. The highest BCUT2D eigenvalue weighted by Crippen LogP contribution is 2.35.